The monoisotopic (exact) mass is 163 g/mol. The minimum absolute atomic E-state index is 0.0174. The van der Waals surface area contributed by atoms with Gasteiger partial charge in [-0.2, -0.15) is 5.26 Å². The van der Waals surface area contributed by atoms with E-state index in [0.717, 1.165) is 0 Å². The summed E-state index contributed by atoms with van der Waals surface area (Å²) < 4.78 is 0. The van der Waals surface area contributed by atoms with Crippen molar-refractivity contribution in [1.82, 2.24) is 0 Å². The van der Waals surface area contributed by atoms with Crippen LogP contribution >= 0.6 is 0 Å². The van der Waals surface area contributed by atoms with Crippen molar-refractivity contribution < 1.29 is 20.4 Å². The third-order valence-electron chi connectivity index (χ3n) is 0.645. The van der Waals surface area contributed by atoms with Crippen molar-refractivity contribution in [3.05, 3.63) is 0 Å². The third kappa shape index (κ3) is 17.6. The van der Waals surface area contributed by atoms with Gasteiger partial charge in [-0.15, -0.1) is 0 Å². The van der Waals surface area contributed by atoms with Gasteiger partial charge >= 0.3 is 0 Å². The van der Waals surface area contributed by atoms with Crippen LogP contribution in [-0.2, 0) is 0 Å². The molecular formula is C6H13NO4. The molecule has 0 aliphatic rings. The van der Waals surface area contributed by atoms with Gasteiger partial charge in [0, 0.05) is 0 Å². The first kappa shape index (κ1) is 13.0. The highest BCUT2D eigenvalue weighted by Gasteiger charge is 1.93. The average Bonchev–Trinajstić information content (AvgIpc) is 2.06. The Labute approximate surface area is 65.1 Å². The third-order valence-corrected chi connectivity index (χ3v) is 0.645. The molecule has 0 amide bonds. The molecule has 0 aromatic carbocycles. The average molecular weight is 163 g/mol. The summed E-state index contributed by atoms with van der Waals surface area (Å²) >= 11 is 0. The lowest BCUT2D eigenvalue weighted by molar-refractivity contribution is 0.0450. The van der Waals surface area contributed by atoms with Crippen molar-refractivity contribution in [3.8, 4) is 6.07 Å². The number of aliphatic hydroxyl groups is 4. The Morgan fingerprint density at radius 1 is 1.18 bits per heavy atom. The van der Waals surface area contributed by atoms with E-state index in [2.05, 4.69) is 0 Å². The van der Waals surface area contributed by atoms with Gasteiger partial charge in [0.15, 0.2) is 0 Å². The van der Waals surface area contributed by atoms with Crippen LogP contribution in [0.2, 0.25) is 0 Å². The van der Waals surface area contributed by atoms with Crippen LogP contribution < -0.4 is 0 Å². The second-order valence-corrected chi connectivity index (χ2v) is 1.65. The molecule has 0 aliphatic heterocycles. The number of rotatable bonds is 3. The van der Waals surface area contributed by atoms with E-state index in [4.69, 9.17) is 25.7 Å². The van der Waals surface area contributed by atoms with Gasteiger partial charge in [-0.1, -0.05) is 0 Å². The van der Waals surface area contributed by atoms with Crippen LogP contribution in [0.4, 0.5) is 0 Å². The first-order valence-corrected chi connectivity index (χ1v) is 3.10. The van der Waals surface area contributed by atoms with Crippen LogP contribution in [0.25, 0.3) is 0 Å². The van der Waals surface area contributed by atoms with Crippen molar-refractivity contribution >= 4 is 0 Å². The van der Waals surface area contributed by atoms with Gasteiger partial charge < -0.3 is 20.4 Å². The molecular weight excluding hydrogens is 150 g/mol. The number of nitriles is 1. The summed E-state index contributed by atoms with van der Waals surface area (Å²) in [5.41, 5.74) is 0. The van der Waals surface area contributed by atoms with Crippen molar-refractivity contribution in [2.24, 2.45) is 0 Å². The molecule has 0 unspecified atom stereocenters. The molecule has 11 heavy (non-hydrogen) atoms. The fourth-order valence-electron chi connectivity index (χ4n) is 0.108. The van der Waals surface area contributed by atoms with Crippen LogP contribution in [0.3, 0.4) is 0 Å². The van der Waals surface area contributed by atoms with Crippen molar-refractivity contribution in [2.75, 3.05) is 19.8 Å². The molecule has 0 heterocycles. The van der Waals surface area contributed by atoms with E-state index in [1.165, 1.54) is 0 Å². The van der Waals surface area contributed by atoms with Crippen LogP contribution in [0.1, 0.15) is 6.42 Å². The van der Waals surface area contributed by atoms with Gasteiger partial charge in [0.1, 0.15) is 6.10 Å². The van der Waals surface area contributed by atoms with Gasteiger partial charge in [0.2, 0.25) is 0 Å². The number of nitrogens with zero attached hydrogens (tertiary/aromatic N) is 1. The molecule has 0 fully saturated rings. The van der Waals surface area contributed by atoms with E-state index >= 15 is 0 Å². The number of aliphatic hydroxyl groups excluding tert-OH is 4. The van der Waals surface area contributed by atoms with Crippen molar-refractivity contribution in [3.63, 3.8) is 0 Å². The Morgan fingerprint density at radius 2 is 1.64 bits per heavy atom. The Kier molecular flexibility index (Phi) is 14.2. The van der Waals surface area contributed by atoms with Crippen molar-refractivity contribution in [1.29, 1.82) is 5.26 Å². The van der Waals surface area contributed by atoms with Crippen LogP contribution in [-0.4, -0.2) is 46.4 Å². The predicted octanol–water partition coefficient (Wildman–Crippen LogP) is -1.78. The molecule has 5 heteroatoms. The van der Waals surface area contributed by atoms with Crippen LogP contribution in [0, 0.1) is 11.3 Å². The van der Waals surface area contributed by atoms with E-state index in [1.54, 1.807) is 6.07 Å². The van der Waals surface area contributed by atoms with Crippen LogP contribution in [0.5, 0.6) is 0 Å². The van der Waals surface area contributed by atoms with Gasteiger partial charge in [0.05, 0.1) is 32.3 Å². The van der Waals surface area contributed by atoms with Gasteiger partial charge in [-0.05, 0) is 0 Å². The summed E-state index contributed by atoms with van der Waals surface area (Å²) in [6.07, 6.45) is -0.704. The fourth-order valence-corrected chi connectivity index (χ4v) is 0.108. The molecule has 0 radical (unpaired) electrons. The second-order valence-electron chi connectivity index (χ2n) is 1.65. The Balaban J connectivity index is 0. The molecule has 0 atom stereocenters. The maximum Gasteiger partial charge on any atom is 0.100 e. The zero-order valence-corrected chi connectivity index (χ0v) is 6.14. The van der Waals surface area contributed by atoms with Crippen LogP contribution in [0.15, 0.2) is 0 Å². The van der Waals surface area contributed by atoms with E-state index in [-0.39, 0.29) is 26.2 Å². The van der Waals surface area contributed by atoms with Gasteiger partial charge in [-0.25, -0.2) is 0 Å². The predicted molar refractivity (Wildman–Crippen MR) is 37.5 cm³/mol. The zero-order chi connectivity index (χ0) is 9.11. The van der Waals surface area contributed by atoms with Crippen molar-refractivity contribution in [2.45, 2.75) is 12.5 Å². The van der Waals surface area contributed by atoms with E-state index in [9.17, 15) is 0 Å². The van der Waals surface area contributed by atoms with Gasteiger partial charge in [-0.3, -0.25) is 0 Å². The highest BCUT2D eigenvalue weighted by molar-refractivity contribution is 4.65. The first-order valence-electron chi connectivity index (χ1n) is 3.10. The summed E-state index contributed by atoms with van der Waals surface area (Å²) in [4.78, 5) is 0. The largest absolute Gasteiger partial charge is 0.395 e. The molecule has 66 valence electrons. The number of hydrogen-bond acceptors (Lipinski definition) is 5. The molecule has 0 spiro atoms. The Morgan fingerprint density at radius 3 is 1.64 bits per heavy atom. The maximum absolute atomic E-state index is 8.17. The summed E-state index contributed by atoms with van der Waals surface area (Å²) in [6, 6.07) is 1.77. The van der Waals surface area contributed by atoms with E-state index < -0.39 is 6.10 Å². The molecule has 0 saturated heterocycles. The Bertz CT molecular complexity index is 97.2. The topological polar surface area (TPSA) is 105 Å². The lowest BCUT2D eigenvalue weighted by Crippen LogP contribution is -2.15. The molecule has 0 rings (SSSR count). The normalized spacial score (nSPS) is 8.36. The fraction of sp³-hybridized carbons (Fsp3) is 0.833. The molecule has 0 bridgehead atoms. The van der Waals surface area contributed by atoms with E-state index in [0.29, 0.717) is 0 Å². The molecule has 0 aromatic heterocycles. The quantitative estimate of drug-likeness (QED) is 0.394. The first-order chi connectivity index (χ1) is 5.22. The molecule has 4 N–H and O–H groups in total. The highest BCUT2D eigenvalue weighted by atomic mass is 16.3. The highest BCUT2D eigenvalue weighted by Crippen LogP contribution is 1.71. The summed E-state index contributed by atoms with van der Waals surface area (Å²) in [6.45, 7) is -0.747. The molecule has 0 aliphatic carbocycles. The van der Waals surface area contributed by atoms with E-state index in [1.807, 2.05) is 0 Å². The Hall–Kier alpha value is -0.670. The summed E-state index contributed by atoms with van der Waals surface area (Å²) in [5, 5.41) is 39.5. The SMILES string of the molecule is N#CCCO.OCC(O)CO. The lowest BCUT2D eigenvalue weighted by Gasteiger charge is -1.96. The minimum atomic E-state index is -0.954. The lowest BCUT2D eigenvalue weighted by atomic mass is 10.4. The standard InChI is InChI=1S/C3H5NO.C3H8O3/c4-2-1-3-5;4-1-3(6)2-5/h5H,1,3H2;3-6H,1-2H2. The minimum Gasteiger partial charge on any atom is -0.395 e. The maximum atomic E-state index is 8.17. The second kappa shape index (κ2) is 12.0. The molecule has 5 nitrogen and oxygen atoms in total. The molecule has 0 aromatic rings. The molecule has 0 saturated carbocycles. The zero-order valence-electron chi connectivity index (χ0n) is 6.14. The smallest absolute Gasteiger partial charge is 0.100 e. The number of hydrogen-bond donors (Lipinski definition) is 4. The summed E-state index contributed by atoms with van der Waals surface area (Å²) in [5.74, 6) is 0. The summed E-state index contributed by atoms with van der Waals surface area (Å²) in [7, 11) is 0. The van der Waals surface area contributed by atoms with Gasteiger partial charge in [0.25, 0.3) is 0 Å².